The first-order chi connectivity index (χ1) is 9.97. The van der Waals surface area contributed by atoms with E-state index in [1.807, 2.05) is 30.3 Å². The number of hydrogen-bond donors (Lipinski definition) is 0. The van der Waals surface area contributed by atoms with Crippen LogP contribution in [0.25, 0.3) is 0 Å². The highest BCUT2D eigenvalue weighted by Crippen LogP contribution is 2.17. The first-order valence-electron chi connectivity index (χ1n) is 6.36. The zero-order valence-electron chi connectivity index (χ0n) is 12.2. The predicted molar refractivity (Wildman–Crippen MR) is 87.1 cm³/mol. The molecule has 0 amide bonds. The number of methoxy groups -OCH3 is 1. The number of para-hydroxylation sites is 1. The van der Waals surface area contributed by atoms with Crippen molar-refractivity contribution in [2.75, 3.05) is 7.11 Å². The first-order valence-corrected chi connectivity index (χ1v) is 7.16. The zero-order chi connectivity index (χ0) is 15.8. The fourth-order valence-electron chi connectivity index (χ4n) is 1.68. The summed E-state index contributed by atoms with van der Waals surface area (Å²) in [5.74, 6) is 0.759. The van der Waals surface area contributed by atoms with Crippen molar-refractivity contribution in [2.45, 2.75) is 13.8 Å². The maximum absolute atomic E-state index is 10.9. The van der Waals surface area contributed by atoms with E-state index < -0.39 is 0 Å². The smallest absolute Gasteiger partial charge is 0.163 e. The second-order valence-electron chi connectivity index (χ2n) is 4.29. The summed E-state index contributed by atoms with van der Waals surface area (Å²) in [6.45, 7) is 3.08. The summed E-state index contributed by atoms with van der Waals surface area (Å²) in [7, 11) is 1.56. The Bertz CT molecular complexity index is 635. The number of Topliss-reactive ketones (excluding diaryl/α,β-unsaturated/α-hetero) is 2. The van der Waals surface area contributed by atoms with E-state index in [2.05, 4.69) is 15.9 Å². The second-order valence-corrected chi connectivity index (χ2v) is 5.15. The molecule has 0 N–H and O–H groups in total. The monoisotopic (exact) mass is 348 g/mol. The molecule has 0 spiro atoms. The highest BCUT2D eigenvalue weighted by molar-refractivity contribution is 9.10. The van der Waals surface area contributed by atoms with Crippen LogP contribution >= 0.6 is 15.9 Å². The lowest BCUT2D eigenvalue weighted by Crippen LogP contribution is -1.96. The Morgan fingerprint density at radius 2 is 1.33 bits per heavy atom. The Morgan fingerprint density at radius 1 is 0.857 bits per heavy atom. The largest absolute Gasteiger partial charge is 0.496 e. The van der Waals surface area contributed by atoms with E-state index in [0.29, 0.717) is 11.3 Å². The van der Waals surface area contributed by atoms with Crippen molar-refractivity contribution >= 4 is 27.5 Å². The molecule has 4 heteroatoms. The molecule has 0 atom stereocenters. The fourth-order valence-corrected chi connectivity index (χ4v) is 2.25. The molecule has 0 heterocycles. The SMILES string of the molecule is CC(=O)c1ccccc1Br.COc1ccccc1C(C)=O. The van der Waals surface area contributed by atoms with E-state index >= 15 is 0 Å². The third-order valence-electron chi connectivity index (χ3n) is 2.74. The summed E-state index contributed by atoms with van der Waals surface area (Å²) >= 11 is 3.28. The summed E-state index contributed by atoms with van der Waals surface area (Å²) in [4.78, 5) is 21.8. The normalized spacial score (nSPS) is 9.33. The predicted octanol–water partition coefficient (Wildman–Crippen LogP) is 4.55. The Balaban J connectivity index is 0.000000211. The maximum atomic E-state index is 10.9. The van der Waals surface area contributed by atoms with E-state index in [9.17, 15) is 9.59 Å². The van der Waals surface area contributed by atoms with Gasteiger partial charge in [-0.15, -0.1) is 0 Å². The van der Waals surface area contributed by atoms with Crippen LogP contribution < -0.4 is 4.74 Å². The molecule has 0 aliphatic heterocycles. The molecule has 0 radical (unpaired) electrons. The van der Waals surface area contributed by atoms with Crippen LogP contribution in [0, 0.1) is 0 Å². The molecule has 0 saturated carbocycles. The lowest BCUT2D eigenvalue weighted by atomic mass is 10.1. The maximum Gasteiger partial charge on any atom is 0.163 e. The molecule has 0 aliphatic rings. The molecule has 2 rings (SSSR count). The number of halogens is 1. The standard InChI is InChI=1S/C9H10O2.C8H7BrO/c1-7(10)8-5-3-4-6-9(8)11-2;1-6(10)7-4-2-3-5-8(7)9/h3-6H,1-2H3;2-5H,1H3. The molecule has 21 heavy (non-hydrogen) atoms. The van der Waals surface area contributed by atoms with Crippen molar-refractivity contribution in [1.29, 1.82) is 0 Å². The van der Waals surface area contributed by atoms with Gasteiger partial charge in [-0.25, -0.2) is 0 Å². The molecule has 2 aromatic carbocycles. The van der Waals surface area contributed by atoms with Crippen LogP contribution in [0.2, 0.25) is 0 Å². The van der Waals surface area contributed by atoms with Crippen LogP contribution in [0.1, 0.15) is 34.6 Å². The average molecular weight is 349 g/mol. The summed E-state index contributed by atoms with van der Waals surface area (Å²) in [6.07, 6.45) is 0. The van der Waals surface area contributed by atoms with Gasteiger partial charge in [0.15, 0.2) is 11.6 Å². The molecule has 0 bridgehead atoms. The molecule has 0 unspecified atom stereocenters. The number of benzene rings is 2. The van der Waals surface area contributed by atoms with Gasteiger partial charge in [-0.05, 0) is 32.0 Å². The van der Waals surface area contributed by atoms with Crippen molar-refractivity contribution < 1.29 is 14.3 Å². The molecular weight excluding hydrogens is 332 g/mol. The third-order valence-corrected chi connectivity index (χ3v) is 3.43. The van der Waals surface area contributed by atoms with Crippen LogP contribution in [-0.4, -0.2) is 18.7 Å². The molecule has 110 valence electrons. The van der Waals surface area contributed by atoms with Crippen LogP contribution in [-0.2, 0) is 0 Å². The van der Waals surface area contributed by atoms with Crippen molar-refractivity contribution in [3.05, 3.63) is 64.1 Å². The topological polar surface area (TPSA) is 43.4 Å². The van der Waals surface area contributed by atoms with Crippen molar-refractivity contribution in [3.63, 3.8) is 0 Å². The minimum absolute atomic E-state index is 0.0300. The quantitative estimate of drug-likeness (QED) is 0.764. The number of ether oxygens (including phenoxy) is 1. The average Bonchev–Trinajstić information content (AvgIpc) is 2.48. The second kappa shape index (κ2) is 8.37. The Morgan fingerprint density at radius 3 is 1.71 bits per heavy atom. The summed E-state index contributed by atoms with van der Waals surface area (Å²) in [5.41, 5.74) is 1.37. The van der Waals surface area contributed by atoms with Crippen LogP contribution in [0.5, 0.6) is 5.75 Å². The minimum atomic E-state index is 0.0300. The van der Waals surface area contributed by atoms with Gasteiger partial charge in [-0.1, -0.05) is 46.3 Å². The first kappa shape index (κ1) is 17.1. The van der Waals surface area contributed by atoms with E-state index in [1.165, 1.54) is 6.92 Å². The molecule has 0 fully saturated rings. The summed E-state index contributed by atoms with van der Waals surface area (Å²) in [6, 6.07) is 14.6. The van der Waals surface area contributed by atoms with E-state index in [4.69, 9.17) is 4.74 Å². The van der Waals surface area contributed by atoms with Crippen molar-refractivity contribution in [1.82, 2.24) is 0 Å². The number of carbonyl (C=O) groups is 2. The number of ketones is 2. The van der Waals surface area contributed by atoms with Crippen molar-refractivity contribution in [3.8, 4) is 5.75 Å². The van der Waals surface area contributed by atoms with Crippen LogP contribution in [0.15, 0.2) is 53.0 Å². The van der Waals surface area contributed by atoms with Crippen LogP contribution in [0.3, 0.4) is 0 Å². The summed E-state index contributed by atoms with van der Waals surface area (Å²) in [5, 5.41) is 0. The van der Waals surface area contributed by atoms with Gasteiger partial charge in [0.2, 0.25) is 0 Å². The van der Waals surface area contributed by atoms with E-state index in [1.54, 1.807) is 32.2 Å². The van der Waals surface area contributed by atoms with Gasteiger partial charge in [0, 0.05) is 10.0 Å². The van der Waals surface area contributed by atoms with Crippen molar-refractivity contribution in [2.24, 2.45) is 0 Å². The molecular formula is C17H17BrO3. The van der Waals surface area contributed by atoms with E-state index in [0.717, 1.165) is 10.0 Å². The van der Waals surface area contributed by atoms with Gasteiger partial charge in [-0.3, -0.25) is 9.59 Å². The van der Waals surface area contributed by atoms with Gasteiger partial charge in [0.05, 0.1) is 12.7 Å². The highest BCUT2D eigenvalue weighted by Gasteiger charge is 2.04. The Labute approximate surface area is 133 Å². The van der Waals surface area contributed by atoms with E-state index in [-0.39, 0.29) is 11.6 Å². The Kier molecular flexibility index (Phi) is 6.82. The molecule has 2 aromatic rings. The van der Waals surface area contributed by atoms with Gasteiger partial charge >= 0.3 is 0 Å². The van der Waals surface area contributed by atoms with Gasteiger partial charge in [-0.2, -0.15) is 0 Å². The van der Waals surface area contributed by atoms with Gasteiger partial charge < -0.3 is 4.74 Å². The lowest BCUT2D eigenvalue weighted by molar-refractivity contribution is 0.100. The van der Waals surface area contributed by atoms with Gasteiger partial charge in [0.25, 0.3) is 0 Å². The Hall–Kier alpha value is -1.94. The highest BCUT2D eigenvalue weighted by atomic mass is 79.9. The lowest BCUT2D eigenvalue weighted by Gasteiger charge is -2.03. The molecule has 0 saturated heterocycles. The van der Waals surface area contributed by atoms with Crippen LogP contribution in [0.4, 0.5) is 0 Å². The fraction of sp³-hybridized carbons (Fsp3) is 0.176. The minimum Gasteiger partial charge on any atom is -0.496 e. The molecule has 0 aliphatic carbocycles. The number of rotatable bonds is 3. The third kappa shape index (κ3) is 5.16. The van der Waals surface area contributed by atoms with Gasteiger partial charge in [0.1, 0.15) is 5.75 Å². The zero-order valence-corrected chi connectivity index (χ0v) is 13.8. The number of carbonyl (C=O) groups excluding carboxylic acids is 2. The number of hydrogen-bond acceptors (Lipinski definition) is 3. The molecule has 3 nitrogen and oxygen atoms in total. The summed E-state index contributed by atoms with van der Waals surface area (Å²) < 4.78 is 5.85. The molecule has 0 aromatic heterocycles.